The summed E-state index contributed by atoms with van der Waals surface area (Å²) in [6.45, 7) is 3.91. The van der Waals surface area contributed by atoms with Gasteiger partial charge in [-0.1, -0.05) is 53.6 Å². The normalized spacial score (nSPS) is 10.4. The number of benzene rings is 2. The lowest BCUT2D eigenvalue weighted by Gasteiger charge is -2.07. The largest absolute Gasteiger partial charge is 0.294 e. The van der Waals surface area contributed by atoms with Gasteiger partial charge in [0, 0.05) is 17.0 Å². The van der Waals surface area contributed by atoms with E-state index in [0.717, 1.165) is 11.1 Å². The molecule has 2 heteroatoms. The van der Waals surface area contributed by atoms with Crippen molar-refractivity contribution >= 4 is 17.4 Å². The van der Waals surface area contributed by atoms with Gasteiger partial charge in [0.2, 0.25) is 0 Å². The molecule has 0 bridgehead atoms. The third kappa shape index (κ3) is 2.80. The molecule has 0 aliphatic rings. The van der Waals surface area contributed by atoms with Crippen LogP contribution in [-0.4, -0.2) is 5.78 Å². The van der Waals surface area contributed by atoms with Gasteiger partial charge in [-0.15, -0.1) is 0 Å². The number of halogens is 1. The fourth-order valence-electron chi connectivity index (χ4n) is 2.01. The number of hydrogen-bond donors (Lipinski definition) is 0. The monoisotopic (exact) mass is 258 g/mol. The highest BCUT2D eigenvalue weighted by molar-refractivity contribution is 6.31. The molecule has 2 rings (SSSR count). The van der Waals surface area contributed by atoms with Crippen molar-refractivity contribution in [3.05, 3.63) is 69.7 Å². The summed E-state index contributed by atoms with van der Waals surface area (Å²) in [6, 6.07) is 13.5. The van der Waals surface area contributed by atoms with E-state index < -0.39 is 0 Å². The Morgan fingerprint density at radius 1 is 1.11 bits per heavy atom. The van der Waals surface area contributed by atoms with Gasteiger partial charge in [-0.3, -0.25) is 4.79 Å². The van der Waals surface area contributed by atoms with Crippen LogP contribution in [0.25, 0.3) is 0 Å². The summed E-state index contributed by atoms with van der Waals surface area (Å²) in [5, 5.41) is 0.644. The molecule has 0 unspecified atom stereocenters. The number of carbonyl (C=O) groups excluding carboxylic acids is 1. The second kappa shape index (κ2) is 5.36. The number of hydrogen-bond acceptors (Lipinski definition) is 1. The summed E-state index contributed by atoms with van der Waals surface area (Å²) in [5.41, 5.74) is 3.78. The smallest absolute Gasteiger partial charge is 0.167 e. The van der Waals surface area contributed by atoms with E-state index in [-0.39, 0.29) is 5.78 Å². The molecule has 0 amide bonds. The molecule has 0 saturated carbocycles. The lowest BCUT2D eigenvalue weighted by Crippen LogP contribution is -2.06. The predicted octanol–water partition coefficient (Wildman–Crippen LogP) is 4.38. The van der Waals surface area contributed by atoms with Gasteiger partial charge in [0.15, 0.2) is 5.78 Å². The molecule has 18 heavy (non-hydrogen) atoms. The second-order valence-electron chi connectivity index (χ2n) is 4.50. The molecule has 0 aromatic heterocycles. The van der Waals surface area contributed by atoms with Crippen molar-refractivity contribution in [2.75, 3.05) is 0 Å². The van der Waals surface area contributed by atoms with Crippen LogP contribution in [0.15, 0.2) is 42.5 Å². The van der Waals surface area contributed by atoms with Crippen LogP contribution in [0.3, 0.4) is 0 Å². The summed E-state index contributed by atoms with van der Waals surface area (Å²) >= 11 is 6.03. The van der Waals surface area contributed by atoms with Gasteiger partial charge in [0.25, 0.3) is 0 Å². The van der Waals surface area contributed by atoms with Crippen molar-refractivity contribution < 1.29 is 4.79 Å². The number of aryl methyl sites for hydroxylation is 1. The van der Waals surface area contributed by atoms with Gasteiger partial charge in [-0.2, -0.15) is 0 Å². The average Bonchev–Trinajstić information content (AvgIpc) is 2.32. The molecule has 0 aliphatic heterocycles. The van der Waals surface area contributed by atoms with Crippen molar-refractivity contribution in [1.82, 2.24) is 0 Å². The van der Waals surface area contributed by atoms with E-state index in [9.17, 15) is 4.79 Å². The van der Waals surface area contributed by atoms with Crippen molar-refractivity contribution in [2.24, 2.45) is 0 Å². The zero-order valence-electron chi connectivity index (χ0n) is 10.5. The van der Waals surface area contributed by atoms with Crippen molar-refractivity contribution in [3.63, 3.8) is 0 Å². The summed E-state index contributed by atoms with van der Waals surface area (Å²) in [6.07, 6.45) is 0.420. The number of carbonyl (C=O) groups is 1. The number of Topliss-reactive ketones (excluding diaryl/α,β-unsaturated/α-hetero) is 1. The Balaban J connectivity index is 2.25. The lowest BCUT2D eigenvalue weighted by atomic mass is 9.98. The first-order valence-electron chi connectivity index (χ1n) is 5.92. The predicted molar refractivity (Wildman–Crippen MR) is 75.4 cm³/mol. The maximum absolute atomic E-state index is 12.2. The van der Waals surface area contributed by atoms with Gasteiger partial charge in [0.05, 0.1) is 0 Å². The minimum Gasteiger partial charge on any atom is -0.294 e. The highest BCUT2D eigenvalue weighted by atomic mass is 35.5. The van der Waals surface area contributed by atoms with Crippen molar-refractivity contribution in [3.8, 4) is 0 Å². The summed E-state index contributed by atoms with van der Waals surface area (Å²) in [5.74, 6) is 0.112. The zero-order chi connectivity index (χ0) is 13.1. The van der Waals surface area contributed by atoms with Crippen LogP contribution in [0.5, 0.6) is 0 Å². The summed E-state index contributed by atoms with van der Waals surface area (Å²) in [7, 11) is 0. The molecule has 0 fully saturated rings. The molecule has 1 nitrogen and oxygen atoms in total. The van der Waals surface area contributed by atoms with E-state index in [2.05, 4.69) is 0 Å². The topological polar surface area (TPSA) is 17.1 Å². The highest BCUT2D eigenvalue weighted by Gasteiger charge is 2.11. The first-order valence-corrected chi connectivity index (χ1v) is 6.29. The zero-order valence-corrected chi connectivity index (χ0v) is 11.3. The van der Waals surface area contributed by atoms with E-state index in [1.54, 1.807) is 6.07 Å². The molecule has 2 aromatic rings. The van der Waals surface area contributed by atoms with E-state index in [1.165, 1.54) is 5.56 Å². The molecule has 0 aliphatic carbocycles. The van der Waals surface area contributed by atoms with Crippen LogP contribution in [-0.2, 0) is 6.42 Å². The minimum absolute atomic E-state index is 0.112. The fourth-order valence-corrected chi connectivity index (χ4v) is 2.19. The quantitative estimate of drug-likeness (QED) is 0.747. The molecule has 0 N–H and O–H groups in total. The first kappa shape index (κ1) is 12.8. The molecular formula is C16H15ClO. The van der Waals surface area contributed by atoms with Gasteiger partial charge in [-0.05, 0) is 31.0 Å². The van der Waals surface area contributed by atoms with Gasteiger partial charge in [-0.25, -0.2) is 0 Å². The SMILES string of the molecule is Cc1cccc(CC(=O)c2cccc(Cl)c2C)c1. The van der Waals surface area contributed by atoms with Crippen molar-refractivity contribution in [2.45, 2.75) is 20.3 Å². The molecular weight excluding hydrogens is 244 g/mol. The Hall–Kier alpha value is -1.60. The molecule has 2 aromatic carbocycles. The second-order valence-corrected chi connectivity index (χ2v) is 4.91. The van der Waals surface area contributed by atoms with E-state index in [0.29, 0.717) is 17.0 Å². The number of rotatable bonds is 3. The van der Waals surface area contributed by atoms with E-state index in [1.807, 2.05) is 50.2 Å². The van der Waals surface area contributed by atoms with Gasteiger partial charge >= 0.3 is 0 Å². The molecule has 0 heterocycles. The van der Waals surface area contributed by atoms with Crippen LogP contribution in [0.4, 0.5) is 0 Å². The fraction of sp³-hybridized carbons (Fsp3) is 0.188. The average molecular weight is 259 g/mol. The van der Waals surface area contributed by atoms with Crippen LogP contribution in [0.2, 0.25) is 5.02 Å². The maximum atomic E-state index is 12.2. The lowest BCUT2D eigenvalue weighted by molar-refractivity contribution is 0.0992. The standard InChI is InChI=1S/C16H15ClO/c1-11-5-3-6-13(9-11)10-16(18)14-7-4-8-15(17)12(14)2/h3-9H,10H2,1-2H3. The Bertz CT molecular complexity index is 587. The van der Waals surface area contributed by atoms with Crippen molar-refractivity contribution in [1.29, 1.82) is 0 Å². The van der Waals surface area contributed by atoms with Gasteiger partial charge in [0.1, 0.15) is 0 Å². The van der Waals surface area contributed by atoms with E-state index >= 15 is 0 Å². The molecule has 0 spiro atoms. The summed E-state index contributed by atoms with van der Waals surface area (Å²) in [4.78, 5) is 12.2. The maximum Gasteiger partial charge on any atom is 0.167 e. The highest BCUT2D eigenvalue weighted by Crippen LogP contribution is 2.20. The third-order valence-electron chi connectivity index (χ3n) is 3.02. The first-order chi connectivity index (χ1) is 8.58. The molecule has 0 atom stereocenters. The Morgan fingerprint density at radius 3 is 2.56 bits per heavy atom. The number of ketones is 1. The Morgan fingerprint density at radius 2 is 1.83 bits per heavy atom. The van der Waals surface area contributed by atoms with Gasteiger partial charge < -0.3 is 0 Å². The Kier molecular flexibility index (Phi) is 3.83. The van der Waals surface area contributed by atoms with Crippen LogP contribution < -0.4 is 0 Å². The molecule has 0 radical (unpaired) electrons. The third-order valence-corrected chi connectivity index (χ3v) is 3.42. The van der Waals surface area contributed by atoms with Crippen LogP contribution in [0, 0.1) is 13.8 Å². The van der Waals surface area contributed by atoms with Crippen LogP contribution >= 0.6 is 11.6 Å². The summed E-state index contributed by atoms with van der Waals surface area (Å²) < 4.78 is 0. The minimum atomic E-state index is 0.112. The van der Waals surface area contributed by atoms with Crippen LogP contribution in [0.1, 0.15) is 27.0 Å². The molecule has 0 saturated heterocycles. The van der Waals surface area contributed by atoms with E-state index in [4.69, 9.17) is 11.6 Å². The Labute approximate surface area is 112 Å². The molecule has 92 valence electrons.